The van der Waals surface area contributed by atoms with Gasteiger partial charge < -0.3 is 9.42 Å². The van der Waals surface area contributed by atoms with Gasteiger partial charge in [-0.3, -0.25) is 9.89 Å². The predicted molar refractivity (Wildman–Crippen MR) is 69.8 cm³/mol. The van der Waals surface area contributed by atoms with Crippen molar-refractivity contribution in [2.45, 2.75) is 32.7 Å². The fourth-order valence-corrected chi connectivity index (χ4v) is 2.17. The molecule has 1 unspecified atom stereocenters. The maximum absolute atomic E-state index is 12.6. The Balaban J connectivity index is 1.83. The van der Waals surface area contributed by atoms with Gasteiger partial charge in [0.25, 0.3) is 5.91 Å². The molecule has 1 aliphatic carbocycles. The normalized spacial score (nSPS) is 16.1. The zero-order valence-electron chi connectivity index (χ0n) is 11.5. The van der Waals surface area contributed by atoms with Gasteiger partial charge in [-0.1, -0.05) is 5.16 Å². The molecule has 1 saturated carbocycles. The van der Waals surface area contributed by atoms with Crippen LogP contribution < -0.4 is 0 Å². The van der Waals surface area contributed by atoms with Crippen molar-refractivity contribution in [1.29, 1.82) is 0 Å². The zero-order valence-corrected chi connectivity index (χ0v) is 11.5. The number of amides is 1. The van der Waals surface area contributed by atoms with Crippen LogP contribution in [0.4, 0.5) is 0 Å². The molecule has 0 spiro atoms. The molecule has 2 aromatic rings. The maximum atomic E-state index is 12.6. The molecule has 1 fully saturated rings. The third-order valence-electron chi connectivity index (χ3n) is 3.56. The molecule has 0 aliphatic heterocycles. The molecule has 7 nitrogen and oxygen atoms in total. The molecule has 7 heteroatoms. The second-order valence-corrected chi connectivity index (χ2v) is 5.27. The molecular formula is C13H17N5O2. The summed E-state index contributed by atoms with van der Waals surface area (Å²) in [6, 6.07) is 1.50. The Kier molecular flexibility index (Phi) is 3.25. The number of rotatable bonds is 5. The molecule has 3 rings (SSSR count). The number of H-pyrrole nitrogens is 1. The number of hydrogen-bond donors (Lipinski definition) is 1. The minimum atomic E-state index is -0.164. The van der Waals surface area contributed by atoms with E-state index in [2.05, 4.69) is 20.3 Å². The Morgan fingerprint density at radius 3 is 2.95 bits per heavy atom. The lowest BCUT2D eigenvalue weighted by Gasteiger charge is -2.27. The van der Waals surface area contributed by atoms with Gasteiger partial charge in [0.2, 0.25) is 0 Å². The van der Waals surface area contributed by atoms with Crippen LogP contribution in [0.25, 0.3) is 0 Å². The Bertz CT molecular complexity index is 588. The first kappa shape index (κ1) is 12.8. The summed E-state index contributed by atoms with van der Waals surface area (Å²) in [7, 11) is 0. The maximum Gasteiger partial charge on any atom is 0.276 e. The summed E-state index contributed by atoms with van der Waals surface area (Å²) in [5, 5.41) is 10.5. The van der Waals surface area contributed by atoms with Gasteiger partial charge in [0.15, 0.2) is 5.69 Å². The molecule has 0 radical (unpaired) electrons. The van der Waals surface area contributed by atoms with Crippen LogP contribution >= 0.6 is 0 Å². The highest BCUT2D eigenvalue weighted by atomic mass is 16.5. The number of nitrogens with one attached hydrogen (secondary N) is 1. The quantitative estimate of drug-likeness (QED) is 0.897. The summed E-state index contributed by atoms with van der Waals surface area (Å²) < 4.78 is 4.99. The summed E-state index contributed by atoms with van der Waals surface area (Å²) in [6.07, 6.45) is 3.79. The number of carbonyl (C=O) groups is 1. The van der Waals surface area contributed by atoms with Crippen molar-refractivity contribution >= 4 is 5.91 Å². The minimum Gasteiger partial charge on any atom is -0.361 e. The largest absolute Gasteiger partial charge is 0.361 e. The third kappa shape index (κ3) is 2.56. The average molecular weight is 275 g/mol. The van der Waals surface area contributed by atoms with E-state index in [4.69, 9.17) is 4.52 Å². The lowest BCUT2D eigenvalue weighted by atomic mass is 10.2. The number of hydrogen-bond acceptors (Lipinski definition) is 5. The number of aryl methyl sites for hydroxylation is 1. The lowest BCUT2D eigenvalue weighted by molar-refractivity contribution is 0.0662. The number of nitrogens with zero attached hydrogens (tertiary/aromatic N) is 4. The molecule has 2 aromatic heterocycles. The Morgan fingerprint density at radius 1 is 1.60 bits per heavy atom. The van der Waals surface area contributed by atoms with E-state index < -0.39 is 0 Å². The Hall–Kier alpha value is -2.18. The van der Waals surface area contributed by atoms with Gasteiger partial charge in [0, 0.05) is 12.6 Å². The fourth-order valence-electron chi connectivity index (χ4n) is 2.17. The first-order valence-corrected chi connectivity index (χ1v) is 6.74. The van der Waals surface area contributed by atoms with E-state index in [-0.39, 0.29) is 11.9 Å². The van der Waals surface area contributed by atoms with Crippen molar-refractivity contribution in [2.75, 3.05) is 6.54 Å². The zero-order chi connectivity index (χ0) is 14.1. The molecule has 1 amide bonds. The van der Waals surface area contributed by atoms with Crippen LogP contribution in [0.5, 0.6) is 0 Å². The van der Waals surface area contributed by atoms with Crippen molar-refractivity contribution in [3.63, 3.8) is 0 Å². The van der Waals surface area contributed by atoms with E-state index in [1.165, 1.54) is 19.2 Å². The molecule has 2 heterocycles. The Morgan fingerprint density at radius 2 is 2.40 bits per heavy atom. The monoisotopic (exact) mass is 275 g/mol. The topological polar surface area (TPSA) is 87.9 Å². The summed E-state index contributed by atoms with van der Waals surface area (Å²) in [5.41, 5.74) is 0.342. The number of aromatic nitrogens is 4. The molecule has 0 aromatic carbocycles. The highest BCUT2D eigenvalue weighted by molar-refractivity contribution is 5.92. The van der Waals surface area contributed by atoms with Gasteiger partial charge in [-0.25, -0.2) is 4.98 Å². The lowest BCUT2D eigenvalue weighted by Crippen LogP contribution is -2.36. The van der Waals surface area contributed by atoms with Crippen LogP contribution in [0, 0.1) is 12.8 Å². The van der Waals surface area contributed by atoms with Crippen molar-refractivity contribution in [3.8, 4) is 0 Å². The van der Waals surface area contributed by atoms with Crippen LogP contribution in [0.2, 0.25) is 0 Å². The van der Waals surface area contributed by atoms with Crippen molar-refractivity contribution < 1.29 is 9.32 Å². The smallest absolute Gasteiger partial charge is 0.276 e. The van der Waals surface area contributed by atoms with Gasteiger partial charge in [-0.05, 0) is 32.6 Å². The van der Waals surface area contributed by atoms with Gasteiger partial charge in [0.1, 0.15) is 17.9 Å². The van der Waals surface area contributed by atoms with E-state index in [9.17, 15) is 4.79 Å². The van der Waals surface area contributed by atoms with Crippen molar-refractivity contribution in [1.82, 2.24) is 25.2 Å². The van der Waals surface area contributed by atoms with Crippen LogP contribution in [-0.2, 0) is 0 Å². The number of aromatic amines is 1. The van der Waals surface area contributed by atoms with E-state index in [1.807, 2.05) is 6.92 Å². The average Bonchev–Trinajstić information content (AvgIpc) is 2.93. The molecule has 0 bridgehead atoms. The van der Waals surface area contributed by atoms with Crippen molar-refractivity contribution in [3.05, 3.63) is 29.7 Å². The van der Waals surface area contributed by atoms with E-state index >= 15 is 0 Å². The first-order chi connectivity index (χ1) is 9.65. The van der Waals surface area contributed by atoms with Gasteiger partial charge >= 0.3 is 0 Å². The molecule has 1 N–H and O–H groups in total. The third-order valence-corrected chi connectivity index (χ3v) is 3.56. The minimum absolute atomic E-state index is 0.127. The second kappa shape index (κ2) is 5.07. The predicted octanol–water partition coefficient (Wildman–Crippen LogP) is 1.71. The van der Waals surface area contributed by atoms with E-state index in [1.54, 1.807) is 17.9 Å². The van der Waals surface area contributed by atoms with Gasteiger partial charge in [-0.15, -0.1) is 0 Å². The SMILES string of the molecule is Cc1cc(C(=O)N(CC2CC2)C(C)c2ncn[nH]2)no1. The first-order valence-electron chi connectivity index (χ1n) is 6.74. The highest BCUT2D eigenvalue weighted by Gasteiger charge is 2.32. The number of carbonyl (C=O) groups excluding carboxylic acids is 1. The van der Waals surface area contributed by atoms with E-state index in [0.717, 1.165) is 0 Å². The highest BCUT2D eigenvalue weighted by Crippen LogP contribution is 2.32. The van der Waals surface area contributed by atoms with Gasteiger partial charge in [0.05, 0.1) is 6.04 Å². The molecule has 20 heavy (non-hydrogen) atoms. The van der Waals surface area contributed by atoms with E-state index in [0.29, 0.717) is 29.7 Å². The molecule has 1 aliphatic rings. The van der Waals surface area contributed by atoms with Crippen LogP contribution in [0.3, 0.4) is 0 Å². The molecule has 1 atom stereocenters. The van der Waals surface area contributed by atoms with Crippen LogP contribution in [-0.4, -0.2) is 37.7 Å². The van der Waals surface area contributed by atoms with Crippen LogP contribution in [0.1, 0.15) is 47.9 Å². The summed E-state index contributed by atoms with van der Waals surface area (Å²) in [6.45, 7) is 4.43. The second-order valence-electron chi connectivity index (χ2n) is 5.27. The fraction of sp³-hybridized carbons (Fsp3) is 0.538. The molecule has 106 valence electrons. The molecular weight excluding hydrogens is 258 g/mol. The van der Waals surface area contributed by atoms with Crippen LogP contribution in [0.15, 0.2) is 16.9 Å². The van der Waals surface area contributed by atoms with Gasteiger partial charge in [-0.2, -0.15) is 5.10 Å². The molecule has 0 saturated heterocycles. The summed E-state index contributed by atoms with van der Waals surface area (Å²) in [5.74, 6) is 1.77. The standard InChI is InChI=1S/C13H17N5O2/c1-8-5-11(17-20-8)13(19)18(6-10-3-4-10)9(2)12-14-7-15-16-12/h5,7,9-10H,3-4,6H2,1-2H3,(H,14,15,16). The van der Waals surface area contributed by atoms with Crippen molar-refractivity contribution in [2.24, 2.45) is 5.92 Å². The Labute approximate surface area is 116 Å². The summed E-state index contributed by atoms with van der Waals surface area (Å²) >= 11 is 0. The summed E-state index contributed by atoms with van der Waals surface area (Å²) in [4.78, 5) is 18.5.